The van der Waals surface area contributed by atoms with Crippen LogP contribution in [0.5, 0.6) is 0 Å². The van der Waals surface area contributed by atoms with E-state index in [-0.39, 0.29) is 17.0 Å². The van der Waals surface area contributed by atoms with Crippen LogP contribution in [0.15, 0.2) is 96.6 Å². The Hall–Kier alpha value is -7.91. The van der Waals surface area contributed by atoms with Crippen molar-refractivity contribution in [3.8, 4) is 0 Å². The fourth-order valence-electron chi connectivity index (χ4n) is 4.79. The molecule has 0 amide bonds. The van der Waals surface area contributed by atoms with E-state index in [2.05, 4.69) is 92.3 Å². The molecule has 0 N–H and O–H groups in total. The predicted molar refractivity (Wildman–Crippen MR) is 235 cm³/mol. The van der Waals surface area contributed by atoms with Crippen molar-refractivity contribution < 1.29 is 24.0 Å². The zero-order valence-corrected chi connectivity index (χ0v) is 31.2. The van der Waals surface area contributed by atoms with E-state index in [1.54, 1.807) is 48.6 Å². The van der Waals surface area contributed by atoms with Crippen molar-refractivity contribution in [2.75, 3.05) is 0 Å². The Balaban J connectivity index is 0.000000377. The number of rotatable bonds is 16. The molecule has 4 heterocycles. The Morgan fingerprint density at radius 3 is 0.875 bits per heavy atom. The predicted octanol–water partition coefficient (Wildman–Crippen LogP) is 10.5. The molecule has 9 nitrogen and oxygen atoms in total. The zero-order valence-electron chi connectivity index (χ0n) is 31.2. The Labute approximate surface area is 328 Å². The van der Waals surface area contributed by atoms with Crippen molar-refractivity contribution in [1.82, 2.24) is 19.9 Å². The summed E-state index contributed by atoms with van der Waals surface area (Å²) in [5.74, 6) is 0. The lowest BCUT2D eigenvalue weighted by Crippen LogP contribution is -2.04. The first-order chi connectivity index (χ1) is 27.0. The van der Waals surface area contributed by atoms with Crippen molar-refractivity contribution in [2.24, 2.45) is 0 Å². The van der Waals surface area contributed by atoms with Gasteiger partial charge in [0.25, 0.3) is 0 Å². The summed E-state index contributed by atoms with van der Waals surface area (Å²) in [6.45, 7) is 40.6. The van der Waals surface area contributed by atoms with Crippen LogP contribution < -0.4 is 0 Å². The number of aldehydes is 5. The van der Waals surface area contributed by atoms with Gasteiger partial charge in [0.1, 0.15) is 17.7 Å². The van der Waals surface area contributed by atoms with Gasteiger partial charge in [-0.3, -0.25) is 24.0 Å². The van der Waals surface area contributed by atoms with Gasteiger partial charge >= 0.3 is 0 Å². The Morgan fingerprint density at radius 1 is 0.286 bits per heavy atom. The molecule has 0 spiro atoms. The molecule has 4 aromatic rings. The molecule has 56 heavy (non-hydrogen) atoms. The summed E-state index contributed by atoms with van der Waals surface area (Å²) in [7, 11) is 0. The maximum atomic E-state index is 11.0. The SMILES string of the molecule is C=Cc1cc(C=C)nc(C=C)c1.C=Cc1nc(C=C)c(C=C)c(C=C)c1C=C.C=Cc1nc(C=C)c(C=O)c(C=C)c1C=O.O=Cc1cc(C=O)nc(C=O)c1. The molecule has 0 aliphatic heterocycles. The lowest BCUT2D eigenvalue weighted by molar-refractivity contribution is 0.110. The van der Waals surface area contributed by atoms with Crippen molar-refractivity contribution in [3.63, 3.8) is 0 Å². The first kappa shape index (κ1) is 46.1. The Bertz CT molecular complexity index is 1890. The third kappa shape index (κ3) is 12.1. The lowest BCUT2D eigenvalue weighted by atomic mass is 9.97. The summed E-state index contributed by atoms with van der Waals surface area (Å²) in [5.41, 5.74) is 9.49. The molecular weight excluding hydrogens is 701 g/mol. The summed E-state index contributed by atoms with van der Waals surface area (Å²) in [6, 6.07) is 6.47. The number of aromatic nitrogens is 4. The highest BCUT2D eigenvalue weighted by Crippen LogP contribution is 2.26. The highest BCUT2D eigenvalue weighted by Gasteiger charge is 2.14. The third-order valence-electron chi connectivity index (χ3n) is 7.38. The van der Waals surface area contributed by atoms with Gasteiger partial charge in [-0.25, -0.2) is 19.9 Å². The van der Waals surface area contributed by atoms with Crippen LogP contribution in [0.25, 0.3) is 66.8 Å². The maximum absolute atomic E-state index is 11.0. The topological polar surface area (TPSA) is 137 Å². The highest BCUT2D eigenvalue weighted by atomic mass is 16.1. The molecule has 9 heteroatoms. The number of carbonyl (C=O) groups excluding carboxylic acids is 5. The van der Waals surface area contributed by atoms with E-state index in [9.17, 15) is 24.0 Å². The smallest absolute Gasteiger partial charge is 0.168 e. The average Bonchev–Trinajstić information content (AvgIpc) is 3.26. The van der Waals surface area contributed by atoms with Gasteiger partial charge in [-0.05, 0) is 77.4 Å². The molecule has 0 aromatic carbocycles. The van der Waals surface area contributed by atoms with Crippen molar-refractivity contribution in [2.45, 2.75) is 0 Å². The quantitative estimate of drug-likeness (QED) is 0.103. The summed E-state index contributed by atoms with van der Waals surface area (Å²) in [5, 5.41) is 0. The summed E-state index contributed by atoms with van der Waals surface area (Å²) >= 11 is 0. The zero-order chi connectivity index (χ0) is 42.2. The molecule has 0 saturated carbocycles. The van der Waals surface area contributed by atoms with E-state index < -0.39 is 0 Å². The van der Waals surface area contributed by atoms with Gasteiger partial charge in [0.2, 0.25) is 0 Å². The molecule has 0 fully saturated rings. The van der Waals surface area contributed by atoms with Crippen LogP contribution in [0.2, 0.25) is 0 Å². The van der Waals surface area contributed by atoms with Crippen LogP contribution in [0, 0.1) is 0 Å². The van der Waals surface area contributed by atoms with E-state index in [0.29, 0.717) is 59.5 Å². The van der Waals surface area contributed by atoms with E-state index in [1.165, 1.54) is 30.4 Å². The van der Waals surface area contributed by atoms with Gasteiger partial charge in [0.15, 0.2) is 25.1 Å². The molecule has 0 bridgehead atoms. The second-order valence-corrected chi connectivity index (χ2v) is 10.6. The Kier molecular flexibility index (Phi) is 20.1. The van der Waals surface area contributed by atoms with Gasteiger partial charge in [-0.2, -0.15) is 0 Å². The Morgan fingerprint density at radius 2 is 0.607 bits per heavy atom. The standard InChI is InChI=1S/C15H15N.C13H11NO2.C11H11N.C8H5NO3/c1-6-11-12(7-2)14(9-4)16-15(10-5)13(11)8-3;1-4-9-10(7-15)12(5-2)14-13(6-3)11(9)8-16;1-4-9-7-10(5-2)12-11(6-3)8-9;10-3-6-1-7(4-11)9-8(2-6)5-12/h6-10H,1-5H2;4-8H,1-3H2;4-8H,1-3H2;1-5H. The van der Waals surface area contributed by atoms with E-state index >= 15 is 0 Å². The van der Waals surface area contributed by atoms with Crippen LogP contribution in [0.3, 0.4) is 0 Å². The highest BCUT2D eigenvalue weighted by molar-refractivity contribution is 5.95. The van der Waals surface area contributed by atoms with Crippen molar-refractivity contribution in [1.29, 1.82) is 0 Å². The van der Waals surface area contributed by atoms with Gasteiger partial charge in [0.05, 0.1) is 34.2 Å². The number of hydrogen-bond acceptors (Lipinski definition) is 9. The second kappa shape index (κ2) is 24.4. The molecular formula is C47H42N4O5. The monoisotopic (exact) mass is 742 g/mol. The van der Waals surface area contributed by atoms with E-state index in [0.717, 1.165) is 45.0 Å². The minimum atomic E-state index is 0.0849. The fraction of sp³-hybridized carbons (Fsp3) is 0. The number of hydrogen-bond donors (Lipinski definition) is 0. The van der Waals surface area contributed by atoms with Crippen molar-refractivity contribution in [3.05, 3.63) is 187 Å². The molecule has 0 saturated heterocycles. The second-order valence-electron chi connectivity index (χ2n) is 10.6. The molecule has 0 aliphatic rings. The molecule has 0 unspecified atom stereocenters. The largest absolute Gasteiger partial charge is 0.298 e. The number of pyridine rings is 4. The normalized spacial score (nSPS) is 9.14. The maximum Gasteiger partial charge on any atom is 0.168 e. The number of carbonyl (C=O) groups is 5. The first-order valence-corrected chi connectivity index (χ1v) is 16.4. The first-order valence-electron chi connectivity index (χ1n) is 16.4. The lowest BCUT2D eigenvalue weighted by Gasteiger charge is -2.12. The van der Waals surface area contributed by atoms with Gasteiger partial charge in [-0.15, -0.1) is 0 Å². The average molecular weight is 743 g/mol. The third-order valence-corrected chi connectivity index (χ3v) is 7.38. The van der Waals surface area contributed by atoms with Crippen LogP contribution in [0.1, 0.15) is 114 Å². The van der Waals surface area contributed by atoms with Crippen LogP contribution in [-0.4, -0.2) is 51.4 Å². The van der Waals surface area contributed by atoms with Gasteiger partial charge < -0.3 is 0 Å². The minimum absolute atomic E-state index is 0.0849. The molecule has 0 atom stereocenters. The molecule has 0 radical (unpaired) electrons. The number of nitrogens with zero attached hydrogens (tertiary/aromatic N) is 4. The summed E-state index contributed by atoms with van der Waals surface area (Å²) in [6.07, 6.45) is 21.0. The molecule has 4 rings (SSSR count). The van der Waals surface area contributed by atoms with Crippen LogP contribution >= 0.6 is 0 Å². The van der Waals surface area contributed by atoms with Crippen LogP contribution in [0.4, 0.5) is 0 Å². The van der Waals surface area contributed by atoms with E-state index in [1.807, 2.05) is 12.1 Å². The van der Waals surface area contributed by atoms with Gasteiger partial charge in [0, 0.05) is 27.8 Å². The molecule has 0 aliphatic carbocycles. The van der Waals surface area contributed by atoms with Crippen LogP contribution in [-0.2, 0) is 0 Å². The summed E-state index contributed by atoms with van der Waals surface area (Å²) in [4.78, 5) is 69.1. The minimum Gasteiger partial charge on any atom is -0.298 e. The fourth-order valence-corrected chi connectivity index (χ4v) is 4.79. The van der Waals surface area contributed by atoms with E-state index in [4.69, 9.17) is 0 Å². The summed E-state index contributed by atoms with van der Waals surface area (Å²) < 4.78 is 0. The molecule has 4 aromatic heterocycles. The van der Waals surface area contributed by atoms with Gasteiger partial charge in [-0.1, -0.05) is 103 Å². The van der Waals surface area contributed by atoms with Crippen molar-refractivity contribution >= 4 is 98.3 Å². The molecule has 280 valence electrons.